The number of hydrogen-bond acceptors (Lipinski definition) is 3. The van der Waals surface area contributed by atoms with Crippen molar-refractivity contribution in [1.29, 1.82) is 0 Å². The summed E-state index contributed by atoms with van der Waals surface area (Å²) in [5.74, 6) is -3.00. The summed E-state index contributed by atoms with van der Waals surface area (Å²) in [6.07, 6.45) is 0.526. The molecule has 7 heteroatoms. The summed E-state index contributed by atoms with van der Waals surface area (Å²) in [4.78, 5) is 41.9. The number of carbonyl (C=O) groups excluding carboxylic acids is 3. The van der Waals surface area contributed by atoms with E-state index in [1.807, 2.05) is 56.4 Å². The number of imide groups is 1. The first-order chi connectivity index (χ1) is 14.6. The Bertz CT molecular complexity index is 1110. The highest BCUT2D eigenvalue weighted by Crippen LogP contribution is 2.50. The van der Waals surface area contributed by atoms with Crippen molar-refractivity contribution in [1.82, 2.24) is 4.90 Å². The van der Waals surface area contributed by atoms with Crippen molar-refractivity contribution in [3.63, 3.8) is 0 Å². The highest BCUT2D eigenvalue weighted by Gasteiger charge is 2.74. The smallest absolute Gasteiger partial charge is 0.291 e. The molecule has 6 nitrogen and oxygen atoms in total. The molecule has 0 saturated carbocycles. The molecule has 4 atom stereocenters. The molecule has 31 heavy (non-hydrogen) atoms. The maximum atomic E-state index is 14.2. The fourth-order valence-corrected chi connectivity index (χ4v) is 5.67. The summed E-state index contributed by atoms with van der Waals surface area (Å²) in [5, 5.41) is 4.66. The van der Waals surface area contributed by atoms with Gasteiger partial charge in [-0.3, -0.25) is 19.3 Å². The molecule has 0 aromatic heterocycles. The average Bonchev–Trinajstić information content (AvgIpc) is 3.27. The molecule has 2 saturated heterocycles. The molecule has 0 aliphatic carbocycles. The zero-order valence-corrected chi connectivity index (χ0v) is 17.7. The molecule has 3 heterocycles. The number of halogens is 1. The predicted octanol–water partition coefficient (Wildman–Crippen LogP) is 1.56. The maximum Gasteiger partial charge on any atom is 0.291 e. The number of fused-ring (bicyclic) bond motifs is 4. The number of carbonyl (C=O) groups is 3. The molecule has 2 fully saturated rings. The Labute approximate surface area is 179 Å². The van der Waals surface area contributed by atoms with E-state index < -0.39 is 28.7 Å². The first-order valence-electron chi connectivity index (χ1n) is 10.5. The largest absolute Gasteiger partial charge is 0.326 e. The Hall–Kier alpha value is -3.06. The van der Waals surface area contributed by atoms with Gasteiger partial charge < -0.3 is 10.6 Å². The van der Waals surface area contributed by atoms with Crippen LogP contribution in [0.4, 0.5) is 10.1 Å². The van der Waals surface area contributed by atoms with Crippen LogP contribution in [-0.2, 0) is 26.3 Å². The lowest BCUT2D eigenvalue weighted by Crippen LogP contribution is -2.99. The molecule has 2 aromatic carbocycles. The lowest BCUT2D eigenvalue weighted by Gasteiger charge is -2.33. The molecule has 2 aromatic rings. The van der Waals surface area contributed by atoms with Gasteiger partial charge in [0.1, 0.15) is 23.7 Å². The molecular weight excluding hydrogens is 397 g/mol. The van der Waals surface area contributed by atoms with Gasteiger partial charge >= 0.3 is 0 Å². The normalized spacial score (nSPS) is 29.5. The summed E-state index contributed by atoms with van der Waals surface area (Å²) in [7, 11) is 0. The predicted molar refractivity (Wildman–Crippen MR) is 111 cm³/mol. The number of nitrogens with two attached hydrogens (primary N) is 1. The monoisotopic (exact) mass is 422 g/mol. The van der Waals surface area contributed by atoms with Crippen LogP contribution in [0.2, 0.25) is 0 Å². The van der Waals surface area contributed by atoms with Crippen LogP contribution in [0.25, 0.3) is 0 Å². The van der Waals surface area contributed by atoms with Gasteiger partial charge in [0.05, 0.1) is 5.69 Å². The quantitative estimate of drug-likeness (QED) is 0.721. The van der Waals surface area contributed by atoms with Gasteiger partial charge in [0.2, 0.25) is 17.4 Å². The van der Waals surface area contributed by atoms with E-state index >= 15 is 0 Å². The third kappa shape index (κ3) is 2.69. The van der Waals surface area contributed by atoms with Gasteiger partial charge in [-0.2, -0.15) is 0 Å². The van der Waals surface area contributed by atoms with Gasteiger partial charge in [-0.15, -0.1) is 0 Å². The number of quaternary nitrogens is 1. The van der Waals surface area contributed by atoms with Gasteiger partial charge in [-0.05, 0) is 44.5 Å². The molecule has 3 N–H and O–H groups in total. The molecular formula is C24H25FN3O3+. The maximum absolute atomic E-state index is 14.2. The zero-order valence-electron chi connectivity index (χ0n) is 17.7. The van der Waals surface area contributed by atoms with Gasteiger partial charge in [-0.1, -0.05) is 30.3 Å². The van der Waals surface area contributed by atoms with Gasteiger partial charge in [0.25, 0.3) is 5.91 Å². The fourth-order valence-electron chi connectivity index (χ4n) is 5.67. The number of amides is 3. The number of nitrogens with one attached hydrogen (secondary N) is 1. The molecule has 0 bridgehead atoms. The van der Waals surface area contributed by atoms with Crippen LogP contribution in [-0.4, -0.2) is 34.2 Å². The molecule has 3 aliphatic heterocycles. The average molecular weight is 422 g/mol. The lowest BCUT2D eigenvalue weighted by atomic mass is 9.76. The van der Waals surface area contributed by atoms with E-state index in [2.05, 4.69) is 5.32 Å². The minimum Gasteiger partial charge on any atom is -0.326 e. The second kappa shape index (κ2) is 6.47. The van der Waals surface area contributed by atoms with E-state index in [1.165, 1.54) is 23.1 Å². The Morgan fingerprint density at radius 1 is 1.06 bits per heavy atom. The molecule has 0 radical (unpaired) electrons. The van der Waals surface area contributed by atoms with Gasteiger partial charge in [0, 0.05) is 17.5 Å². The second-order valence-corrected chi connectivity index (χ2v) is 9.72. The lowest BCUT2D eigenvalue weighted by molar-refractivity contribution is -0.733. The van der Waals surface area contributed by atoms with E-state index in [4.69, 9.17) is 0 Å². The fraction of sp³-hybridized carbons (Fsp3) is 0.375. The highest BCUT2D eigenvalue weighted by atomic mass is 19.1. The van der Waals surface area contributed by atoms with Crippen LogP contribution < -0.4 is 10.6 Å². The summed E-state index contributed by atoms with van der Waals surface area (Å²) < 4.78 is 14.2. The number of anilines is 1. The van der Waals surface area contributed by atoms with Crippen molar-refractivity contribution in [3.8, 4) is 0 Å². The SMILES string of the molecule is CC(C)(C)N1C(=O)[C@H]2[C@@H](C1=O)[C@@]1([NH2+][C@@H]2Cc2ccccc2)C(=O)Nc2ccc(F)cc21. The zero-order chi connectivity index (χ0) is 22.1. The van der Waals surface area contributed by atoms with Crippen LogP contribution >= 0.6 is 0 Å². The number of likely N-dealkylation sites (tertiary alicyclic amines) is 1. The van der Waals surface area contributed by atoms with Crippen molar-refractivity contribution in [3.05, 3.63) is 65.5 Å². The van der Waals surface area contributed by atoms with Crippen molar-refractivity contribution < 1.29 is 24.1 Å². The highest BCUT2D eigenvalue weighted by molar-refractivity contribution is 6.14. The minimum atomic E-state index is -1.35. The Kier molecular flexibility index (Phi) is 4.15. The van der Waals surface area contributed by atoms with Gasteiger partial charge in [-0.25, -0.2) is 4.39 Å². The Balaban J connectivity index is 1.68. The Morgan fingerprint density at radius 3 is 2.45 bits per heavy atom. The molecule has 1 spiro atoms. The third-order valence-corrected chi connectivity index (χ3v) is 6.82. The summed E-state index contributed by atoms with van der Waals surface area (Å²) in [6, 6.07) is 13.5. The molecule has 3 aliphatic rings. The van der Waals surface area contributed by atoms with Crippen LogP contribution in [0.15, 0.2) is 48.5 Å². The topological polar surface area (TPSA) is 83.1 Å². The van der Waals surface area contributed by atoms with E-state index in [1.54, 1.807) is 0 Å². The molecule has 5 rings (SSSR count). The van der Waals surface area contributed by atoms with E-state index in [9.17, 15) is 18.8 Å². The van der Waals surface area contributed by atoms with Crippen LogP contribution in [0, 0.1) is 17.7 Å². The van der Waals surface area contributed by atoms with Gasteiger partial charge in [0.15, 0.2) is 0 Å². The molecule has 160 valence electrons. The van der Waals surface area contributed by atoms with Crippen LogP contribution in [0.1, 0.15) is 31.9 Å². The van der Waals surface area contributed by atoms with E-state index in [0.29, 0.717) is 17.7 Å². The van der Waals surface area contributed by atoms with E-state index in [0.717, 1.165) is 5.56 Å². The van der Waals surface area contributed by atoms with Crippen LogP contribution in [0.5, 0.6) is 0 Å². The van der Waals surface area contributed by atoms with Crippen molar-refractivity contribution in [2.75, 3.05) is 5.32 Å². The number of nitrogens with zero attached hydrogens (tertiary/aromatic N) is 1. The first-order valence-corrected chi connectivity index (χ1v) is 10.5. The standard InChI is InChI=1S/C24H24FN3O3/c1-23(2,3)28-20(29)18-17(11-13-7-5-4-6-8-13)27-24(19(18)21(28)30)15-12-14(25)9-10-16(15)26-22(24)31/h4-10,12,17-19,27H,11H2,1-3H3,(H,26,31)/p+1/t17-,18-,19+,24-/m1/s1. The molecule has 0 unspecified atom stereocenters. The first kappa shape index (κ1) is 19.9. The summed E-state index contributed by atoms with van der Waals surface area (Å²) in [5.41, 5.74) is -0.103. The van der Waals surface area contributed by atoms with Crippen molar-refractivity contribution in [2.24, 2.45) is 11.8 Å². The minimum absolute atomic E-state index is 0.255. The third-order valence-electron chi connectivity index (χ3n) is 6.82. The van der Waals surface area contributed by atoms with Crippen LogP contribution in [0.3, 0.4) is 0 Å². The number of rotatable bonds is 2. The second-order valence-electron chi connectivity index (χ2n) is 9.72. The number of hydrogen-bond donors (Lipinski definition) is 2. The Morgan fingerprint density at radius 2 is 1.77 bits per heavy atom. The number of benzene rings is 2. The summed E-state index contributed by atoms with van der Waals surface area (Å²) in [6.45, 7) is 5.44. The van der Waals surface area contributed by atoms with E-state index in [-0.39, 0.29) is 23.8 Å². The van der Waals surface area contributed by atoms with Crippen molar-refractivity contribution in [2.45, 2.75) is 44.3 Å². The summed E-state index contributed by atoms with van der Waals surface area (Å²) >= 11 is 0. The van der Waals surface area contributed by atoms with Crippen molar-refractivity contribution >= 4 is 23.4 Å². The molecule has 3 amide bonds.